The summed E-state index contributed by atoms with van der Waals surface area (Å²) in [6.07, 6.45) is 3.92. The molecule has 0 saturated heterocycles. The molecule has 1 aliphatic carbocycles. The zero-order valence-electron chi connectivity index (χ0n) is 8.39. The van der Waals surface area contributed by atoms with Crippen LogP contribution in [-0.2, 0) is 0 Å². The quantitative estimate of drug-likeness (QED) is 0.726. The molecule has 78 valence electrons. The molecule has 3 unspecified atom stereocenters. The van der Waals surface area contributed by atoms with Crippen LogP contribution in [0, 0.1) is 11.8 Å². The molecule has 3 atom stereocenters. The van der Waals surface area contributed by atoms with Crippen LogP contribution in [0.2, 0.25) is 0 Å². The molecule has 0 aliphatic heterocycles. The fourth-order valence-electron chi connectivity index (χ4n) is 2.21. The summed E-state index contributed by atoms with van der Waals surface area (Å²) < 4.78 is 0. The summed E-state index contributed by atoms with van der Waals surface area (Å²) in [5.74, 6) is 1.65. The summed E-state index contributed by atoms with van der Waals surface area (Å²) in [6, 6.07) is 0.621. The normalized spacial score (nSPS) is 35.3. The van der Waals surface area contributed by atoms with Gasteiger partial charge in [-0.05, 0) is 31.1 Å². The number of hydrogen-bond donors (Lipinski definition) is 1. The molecule has 0 aromatic rings. The van der Waals surface area contributed by atoms with E-state index in [9.17, 15) is 0 Å². The van der Waals surface area contributed by atoms with Gasteiger partial charge in [0, 0.05) is 12.6 Å². The van der Waals surface area contributed by atoms with Gasteiger partial charge in [0.25, 0.3) is 0 Å². The van der Waals surface area contributed by atoms with Crippen LogP contribution in [-0.4, -0.2) is 17.4 Å². The molecule has 0 aromatic carbocycles. The van der Waals surface area contributed by atoms with Crippen molar-refractivity contribution < 1.29 is 0 Å². The Kier molecular flexibility index (Phi) is 4.85. The zero-order chi connectivity index (χ0) is 9.84. The van der Waals surface area contributed by atoms with Crippen molar-refractivity contribution in [2.75, 3.05) is 6.54 Å². The Morgan fingerprint density at radius 3 is 2.54 bits per heavy atom. The highest BCUT2D eigenvalue weighted by molar-refractivity contribution is 6.44. The largest absolute Gasteiger partial charge is 0.311 e. The summed E-state index contributed by atoms with van der Waals surface area (Å²) in [5.41, 5.74) is 0. The maximum atomic E-state index is 5.68. The Bertz CT molecular complexity index is 150. The number of rotatable bonds is 3. The number of halogens is 2. The van der Waals surface area contributed by atoms with Crippen LogP contribution in [0.3, 0.4) is 0 Å². The lowest BCUT2D eigenvalue weighted by atomic mass is 9.80. The van der Waals surface area contributed by atoms with E-state index in [-0.39, 0.29) is 4.84 Å². The molecule has 0 spiro atoms. The minimum Gasteiger partial charge on any atom is -0.311 e. The van der Waals surface area contributed by atoms with Crippen LogP contribution < -0.4 is 5.32 Å². The molecule has 1 N–H and O–H groups in total. The molecule has 1 aliphatic rings. The van der Waals surface area contributed by atoms with Crippen molar-refractivity contribution in [3.63, 3.8) is 0 Å². The minimum atomic E-state index is -0.272. The highest BCUT2D eigenvalue weighted by Gasteiger charge is 2.24. The third-order valence-electron chi connectivity index (χ3n) is 2.97. The van der Waals surface area contributed by atoms with E-state index >= 15 is 0 Å². The van der Waals surface area contributed by atoms with Crippen LogP contribution in [0.25, 0.3) is 0 Å². The first kappa shape index (κ1) is 11.6. The van der Waals surface area contributed by atoms with Gasteiger partial charge in [0.05, 0.1) is 0 Å². The first-order valence-corrected chi connectivity index (χ1v) is 5.98. The molecule has 0 radical (unpaired) electrons. The van der Waals surface area contributed by atoms with Crippen LogP contribution in [0.15, 0.2) is 0 Å². The number of alkyl halides is 2. The van der Waals surface area contributed by atoms with E-state index in [2.05, 4.69) is 19.2 Å². The molecular weight excluding hydrogens is 205 g/mol. The fourth-order valence-corrected chi connectivity index (χ4v) is 2.39. The molecular formula is C10H19Cl2N. The monoisotopic (exact) mass is 223 g/mol. The summed E-state index contributed by atoms with van der Waals surface area (Å²) in [7, 11) is 0. The molecule has 1 fully saturated rings. The van der Waals surface area contributed by atoms with Gasteiger partial charge in [-0.1, -0.05) is 13.8 Å². The van der Waals surface area contributed by atoms with Crippen molar-refractivity contribution in [2.45, 2.75) is 44.0 Å². The zero-order valence-corrected chi connectivity index (χ0v) is 9.91. The van der Waals surface area contributed by atoms with Gasteiger partial charge in [-0.2, -0.15) is 0 Å². The SMILES string of the molecule is CC1CCC(NCC(Cl)Cl)C(C)C1. The molecule has 1 nitrogen and oxygen atoms in total. The Labute approximate surface area is 91.2 Å². The summed E-state index contributed by atoms with van der Waals surface area (Å²) in [6.45, 7) is 5.36. The Hall–Kier alpha value is 0.540. The van der Waals surface area contributed by atoms with E-state index in [0.717, 1.165) is 11.8 Å². The Morgan fingerprint density at radius 2 is 2.00 bits per heavy atom. The lowest BCUT2D eigenvalue weighted by Crippen LogP contribution is -2.40. The van der Waals surface area contributed by atoms with Gasteiger partial charge >= 0.3 is 0 Å². The molecule has 0 aromatic heterocycles. The van der Waals surface area contributed by atoms with Crippen LogP contribution >= 0.6 is 23.2 Å². The van der Waals surface area contributed by atoms with Crippen molar-refractivity contribution in [3.8, 4) is 0 Å². The molecule has 3 heteroatoms. The maximum absolute atomic E-state index is 5.68. The van der Waals surface area contributed by atoms with Crippen molar-refractivity contribution >= 4 is 23.2 Å². The summed E-state index contributed by atoms with van der Waals surface area (Å²) in [4.78, 5) is -0.272. The lowest BCUT2D eigenvalue weighted by Gasteiger charge is -2.33. The first-order valence-electron chi connectivity index (χ1n) is 5.11. The minimum absolute atomic E-state index is 0.272. The predicted molar refractivity (Wildman–Crippen MR) is 59.5 cm³/mol. The van der Waals surface area contributed by atoms with Crippen molar-refractivity contribution in [2.24, 2.45) is 11.8 Å². The van der Waals surface area contributed by atoms with Gasteiger partial charge < -0.3 is 5.32 Å². The van der Waals surface area contributed by atoms with E-state index in [1.165, 1.54) is 19.3 Å². The first-order chi connectivity index (χ1) is 6.09. The van der Waals surface area contributed by atoms with Gasteiger partial charge in [0.1, 0.15) is 4.84 Å². The van der Waals surface area contributed by atoms with E-state index in [1.807, 2.05) is 0 Å². The average Bonchev–Trinajstić information content (AvgIpc) is 2.02. The third-order valence-corrected chi connectivity index (χ3v) is 3.27. The topological polar surface area (TPSA) is 12.0 Å². The fraction of sp³-hybridized carbons (Fsp3) is 1.00. The second-order valence-electron chi connectivity index (χ2n) is 4.30. The van der Waals surface area contributed by atoms with E-state index in [0.29, 0.717) is 12.6 Å². The molecule has 0 bridgehead atoms. The van der Waals surface area contributed by atoms with Crippen LogP contribution in [0.1, 0.15) is 33.1 Å². The number of hydrogen-bond acceptors (Lipinski definition) is 1. The van der Waals surface area contributed by atoms with E-state index < -0.39 is 0 Å². The molecule has 13 heavy (non-hydrogen) atoms. The molecule has 0 amide bonds. The highest BCUT2D eigenvalue weighted by atomic mass is 35.5. The van der Waals surface area contributed by atoms with E-state index in [4.69, 9.17) is 23.2 Å². The summed E-state index contributed by atoms with van der Waals surface area (Å²) in [5, 5.41) is 3.43. The van der Waals surface area contributed by atoms with Gasteiger partial charge in [-0.15, -0.1) is 23.2 Å². The molecule has 1 rings (SSSR count). The smallest absolute Gasteiger partial charge is 0.120 e. The maximum Gasteiger partial charge on any atom is 0.120 e. The van der Waals surface area contributed by atoms with Gasteiger partial charge in [-0.3, -0.25) is 0 Å². The standard InChI is InChI=1S/C10H19Cl2N/c1-7-3-4-9(8(2)5-7)13-6-10(11)12/h7-10,13H,3-6H2,1-2H3. The van der Waals surface area contributed by atoms with Gasteiger partial charge in [-0.25, -0.2) is 0 Å². The molecule has 0 heterocycles. The van der Waals surface area contributed by atoms with Crippen molar-refractivity contribution in [1.29, 1.82) is 0 Å². The Balaban J connectivity index is 2.25. The lowest BCUT2D eigenvalue weighted by molar-refractivity contribution is 0.230. The second kappa shape index (κ2) is 5.43. The van der Waals surface area contributed by atoms with Crippen LogP contribution in [0.4, 0.5) is 0 Å². The van der Waals surface area contributed by atoms with Gasteiger partial charge in [0.2, 0.25) is 0 Å². The van der Waals surface area contributed by atoms with Crippen molar-refractivity contribution in [3.05, 3.63) is 0 Å². The number of nitrogens with one attached hydrogen (secondary N) is 1. The molecule has 1 saturated carbocycles. The van der Waals surface area contributed by atoms with Gasteiger partial charge in [0.15, 0.2) is 0 Å². The summed E-state index contributed by atoms with van der Waals surface area (Å²) >= 11 is 11.4. The average molecular weight is 224 g/mol. The second-order valence-corrected chi connectivity index (χ2v) is 5.58. The van der Waals surface area contributed by atoms with Crippen LogP contribution in [0.5, 0.6) is 0 Å². The van der Waals surface area contributed by atoms with E-state index in [1.54, 1.807) is 0 Å². The van der Waals surface area contributed by atoms with Crippen molar-refractivity contribution in [1.82, 2.24) is 5.32 Å². The third kappa shape index (κ3) is 4.05. The predicted octanol–water partition coefficient (Wildman–Crippen LogP) is 3.20. The Morgan fingerprint density at radius 1 is 1.31 bits per heavy atom. The highest BCUT2D eigenvalue weighted by Crippen LogP contribution is 2.28.